The number of halogens is 6. The summed E-state index contributed by atoms with van der Waals surface area (Å²) in [6.45, 7) is 7.57. The minimum absolute atomic E-state index is 0. The van der Waals surface area contributed by atoms with Crippen molar-refractivity contribution in [2.45, 2.75) is 83.9 Å². The second-order valence-electron chi connectivity index (χ2n) is 9.26. The van der Waals surface area contributed by atoms with E-state index in [4.69, 9.17) is 5.11 Å². The monoisotopic (exact) mass is 551 g/mol. The van der Waals surface area contributed by atoms with Crippen LogP contribution in [-0.4, -0.2) is 38.4 Å². The number of aliphatic hydroxyl groups is 1. The topological polar surface area (TPSA) is 44.6 Å². The van der Waals surface area contributed by atoms with Crippen molar-refractivity contribution in [3.63, 3.8) is 0 Å². The minimum atomic E-state index is -4.27. The Morgan fingerprint density at radius 3 is 1.76 bits per heavy atom. The van der Waals surface area contributed by atoms with Gasteiger partial charge in [-0.25, -0.2) is 0 Å². The molecule has 2 aromatic carbocycles. The van der Waals surface area contributed by atoms with E-state index in [9.17, 15) is 26.3 Å². The molecule has 1 saturated heterocycles. The maximum absolute atomic E-state index is 12.5. The Bertz CT molecular complexity index is 1070. The summed E-state index contributed by atoms with van der Waals surface area (Å²) in [6.07, 6.45) is -4.62. The van der Waals surface area contributed by atoms with Crippen LogP contribution in [0.15, 0.2) is 41.4 Å². The second-order valence-corrected chi connectivity index (χ2v) is 9.26. The van der Waals surface area contributed by atoms with Crippen LogP contribution in [0.1, 0.15) is 80.4 Å². The number of nitrogens with one attached hydrogen (secondary N) is 1. The molecule has 2 aromatic rings. The van der Waals surface area contributed by atoms with Gasteiger partial charge in [0.1, 0.15) is 0 Å². The van der Waals surface area contributed by atoms with Crippen molar-refractivity contribution < 1.29 is 62.4 Å². The number of rotatable bonds is 2. The van der Waals surface area contributed by atoms with Crippen LogP contribution in [0, 0.1) is 13.8 Å². The van der Waals surface area contributed by atoms with E-state index >= 15 is 0 Å². The maximum atomic E-state index is 12.5. The van der Waals surface area contributed by atoms with Gasteiger partial charge in [-0.1, -0.05) is 12.1 Å². The average molecular weight is 551 g/mol. The zero-order valence-corrected chi connectivity index (χ0v) is 24.8. The summed E-state index contributed by atoms with van der Waals surface area (Å²) in [5, 5.41) is 10.4. The quantitative estimate of drug-likeness (QED) is 0.435. The van der Waals surface area contributed by atoms with Gasteiger partial charge >= 0.3 is 41.9 Å². The molecule has 2 heterocycles. The summed E-state index contributed by atoms with van der Waals surface area (Å²) in [4.78, 5) is 4.45. The molecule has 0 aliphatic carbocycles. The molecule has 205 valence electrons. The molecule has 0 saturated carbocycles. The fraction of sp³-hybridized carbons (Fsp3) is 0.519. The summed E-state index contributed by atoms with van der Waals surface area (Å²) in [5.74, 6) is 0. The van der Waals surface area contributed by atoms with Gasteiger partial charge in [0.15, 0.2) is 0 Å². The van der Waals surface area contributed by atoms with Crippen LogP contribution in [0.4, 0.5) is 26.3 Å². The molecule has 1 fully saturated rings. The van der Waals surface area contributed by atoms with E-state index in [1.807, 2.05) is 6.92 Å². The number of benzene rings is 2. The number of aliphatic hydroxyl groups excluding tert-OH is 1. The predicted molar refractivity (Wildman–Crippen MR) is 137 cm³/mol. The smallest absolute Gasteiger partial charge is 1.00 e. The number of alkyl halides is 6. The molecule has 0 bridgehead atoms. The summed E-state index contributed by atoms with van der Waals surface area (Å²) in [7, 11) is 1.00. The van der Waals surface area contributed by atoms with E-state index < -0.39 is 23.5 Å². The van der Waals surface area contributed by atoms with Crippen LogP contribution in [-0.2, 0) is 12.4 Å². The second kappa shape index (κ2) is 15.5. The van der Waals surface area contributed by atoms with E-state index in [1.165, 1.54) is 24.3 Å². The van der Waals surface area contributed by atoms with Gasteiger partial charge in [-0.2, -0.15) is 26.3 Å². The van der Waals surface area contributed by atoms with Crippen LogP contribution in [0.3, 0.4) is 0 Å². The van der Waals surface area contributed by atoms with E-state index in [0.29, 0.717) is 17.2 Å². The van der Waals surface area contributed by atoms with Gasteiger partial charge in [-0.3, -0.25) is 4.99 Å². The third-order valence-electron chi connectivity index (χ3n) is 6.39. The molecule has 4 rings (SSSR count). The normalized spacial score (nSPS) is 20.6. The Balaban J connectivity index is 0. The van der Waals surface area contributed by atoms with Gasteiger partial charge < -0.3 is 11.8 Å². The summed E-state index contributed by atoms with van der Waals surface area (Å²) in [5.41, 5.74) is 2.97. The first-order chi connectivity index (χ1) is 16.8. The standard InChI is InChI=1S/C13H16F3N.C13H14F3N.CH4O.B.Na.H/c2*1-8-7-10(13(14,15)16)4-5-11(8)12-6-3-9(2)17-12;1-2;;;/h4-5,7,9,12,17H,3,6H2,1-2H3;4-5,7,9H,3,6H2,1-2H3;2H,1H3;;;/q;;;;+1;-1. The van der Waals surface area contributed by atoms with Gasteiger partial charge in [0.05, 0.1) is 11.1 Å². The van der Waals surface area contributed by atoms with Crippen molar-refractivity contribution in [1.82, 2.24) is 5.32 Å². The van der Waals surface area contributed by atoms with Gasteiger partial charge in [-0.15, -0.1) is 0 Å². The SMILES string of the molecule is CO.Cc1cc(C(F)(F)F)ccc1C1=NC(C)CC1.Cc1cc(C(F)(F)F)ccc1C1CCC(C)N1.[B].[H-].[Na+]. The molecule has 3 atom stereocenters. The summed E-state index contributed by atoms with van der Waals surface area (Å²) >= 11 is 0. The molecule has 0 aromatic heterocycles. The zero-order chi connectivity index (χ0) is 27.3. The van der Waals surface area contributed by atoms with Crippen LogP contribution in [0.25, 0.3) is 0 Å². The van der Waals surface area contributed by atoms with Crippen molar-refractivity contribution in [2.24, 2.45) is 4.99 Å². The Hall–Kier alpha value is -1.33. The Labute approximate surface area is 246 Å². The number of nitrogens with zero attached hydrogens (tertiary/aromatic N) is 1. The van der Waals surface area contributed by atoms with Crippen LogP contribution < -0.4 is 34.9 Å². The molecule has 3 unspecified atom stereocenters. The van der Waals surface area contributed by atoms with Crippen LogP contribution in [0.5, 0.6) is 0 Å². The molecular formula is C27H35BF6N2NaO. The molecule has 3 radical (unpaired) electrons. The zero-order valence-electron chi connectivity index (χ0n) is 23.8. The molecule has 11 heteroatoms. The average Bonchev–Trinajstić information content (AvgIpc) is 3.42. The fourth-order valence-corrected chi connectivity index (χ4v) is 4.52. The third-order valence-corrected chi connectivity index (χ3v) is 6.39. The van der Waals surface area contributed by atoms with Crippen molar-refractivity contribution in [1.29, 1.82) is 0 Å². The van der Waals surface area contributed by atoms with E-state index in [0.717, 1.165) is 55.7 Å². The number of hydrogen-bond donors (Lipinski definition) is 2. The maximum Gasteiger partial charge on any atom is 1.00 e. The number of aliphatic imine (C=N–C) groups is 1. The molecule has 38 heavy (non-hydrogen) atoms. The van der Waals surface area contributed by atoms with E-state index in [-0.39, 0.29) is 51.5 Å². The third kappa shape index (κ3) is 10.0. The Kier molecular flexibility index (Phi) is 14.9. The van der Waals surface area contributed by atoms with Gasteiger partial charge in [0.2, 0.25) is 0 Å². The summed E-state index contributed by atoms with van der Waals surface area (Å²) < 4.78 is 75.1. The van der Waals surface area contributed by atoms with E-state index in [2.05, 4.69) is 17.2 Å². The van der Waals surface area contributed by atoms with Gasteiger partial charge in [0.25, 0.3) is 0 Å². The molecule has 0 spiro atoms. The van der Waals surface area contributed by atoms with Gasteiger partial charge in [-0.05, 0) is 99.9 Å². The molecule has 2 aliphatic heterocycles. The number of hydrogen-bond acceptors (Lipinski definition) is 3. The molecular weight excluding hydrogens is 516 g/mol. The van der Waals surface area contributed by atoms with Crippen molar-refractivity contribution in [3.05, 3.63) is 69.8 Å². The molecule has 2 N–H and O–H groups in total. The largest absolute Gasteiger partial charge is 1.00 e. The first-order valence-electron chi connectivity index (χ1n) is 11.9. The molecule has 0 amide bonds. The van der Waals surface area contributed by atoms with Crippen molar-refractivity contribution in [3.8, 4) is 0 Å². The fourth-order valence-electron chi connectivity index (χ4n) is 4.52. The Morgan fingerprint density at radius 1 is 0.842 bits per heavy atom. The number of aryl methyl sites for hydroxylation is 2. The molecule has 2 aliphatic rings. The van der Waals surface area contributed by atoms with Crippen LogP contribution >= 0.6 is 0 Å². The van der Waals surface area contributed by atoms with Gasteiger partial charge in [0, 0.05) is 39.4 Å². The summed E-state index contributed by atoms with van der Waals surface area (Å²) in [6, 6.07) is 8.81. The van der Waals surface area contributed by atoms with Crippen molar-refractivity contribution >= 4 is 14.1 Å². The Morgan fingerprint density at radius 2 is 1.37 bits per heavy atom. The van der Waals surface area contributed by atoms with E-state index in [1.54, 1.807) is 19.9 Å². The van der Waals surface area contributed by atoms with Crippen LogP contribution in [0.2, 0.25) is 0 Å². The van der Waals surface area contributed by atoms with Crippen molar-refractivity contribution in [2.75, 3.05) is 7.11 Å². The molecule has 3 nitrogen and oxygen atoms in total. The minimum Gasteiger partial charge on any atom is -1.00 e. The first kappa shape index (κ1) is 36.7. The predicted octanol–water partition coefficient (Wildman–Crippen LogP) is 4.16. The first-order valence-corrected chi connectivity index (χ1v) is 11.9.